The fraction of sp³-hybridized carbons (Fsp3) is 0.733. The second kappa shape index (κ2) is 6.15. The number of rotatable bonds is 3. The summed E-state index contributed by atoms with van der Waals surface area (Å²) in [5.41, 5.74) is 0.928. The van der Waals surface area contributed by atoms with Crippen LogP contribution in [0.25, 0.3) is 0 Å². The molecular formula is C15H23N3O3. The molecule has 2 aliphatic rings. The SMILES string of the molecule is Cn1nccc1[C@@H]1OCC[C@H]1C(=O)N[C@@H]1CCCC[C@H]1O. The Morgan fingerprint density at radius 3 is 2.95 bits per heavy atom. The minimum Gasteiger partial charge on any atom is -0.391 e. The number of hydrogen-bond acceptors (Lipinski definition) is 4. The van der Waals surface area contributed by atoms with Crippen LogP contribution in [0.15, 0.2) is 12.3 Å². The minimum atomic E-state index is -0.417. The van der Waals surface area contributed by atoms with Gasteiger partial charge < -0.3 is 15.2 Å². The van der Waals surface area contributed by atoms with E-state index in [2.05, 4.69) is 10.4 Å². The number of aryl methyl sites for hydroxylation is 1. The highest BCUT2D eigenvalue weighted by atomic mass is 16.5. The number of carbonyl (C=O) groups is 1. The number of nitrogens with zero attached hydrogens (tertiary/aromatic N) is 2. The molecule has 0 unspecified atom stereocenters. The van der Waals surface area contributed by atoms with E-state index in [0.29, 0.717) is 13.0 Å². The molecule has 6 nitrogen and oxygen atoms in total. The van der Waals surface area contributed by atoms with Crippen molar-refractivity contribution in [1.29, 1.82) is 0 Å². The quantitative estimate of drug-likeness (QED) is 0.869. The molecule has 3 rings (SSSR count). The van der Waals surface area contributed by atoms with Crippen LogP contribution in [0.2, 0.25) is 0 Å². The Hall–Kier alpha value is -1.40. The Kier molecular flexibility index (Phi) is 4.26. The molecule has 1 saturated carbocycles. The number of aliphatic hydroxyl groups is 1. The van der Waals surface area contributed by atoms with Gasteiger partial charge in [-0.05, 0) is 25.3 Å². The molecule has 1 aliphatic heterocycles. The molecule has 4 atom stereocenters. The lowest BCUT2D eigenvalue weighted by Gasteiger charge is -2.30. The van der Waals surface area contributed by atoms with Gasteiger partial charge in [0.1, 0.15) is 6.10 Å². The lowest BCUT2D eigenvalue weighted by Crippen LogP contribution is -2.47. The van der Waals surface area contributed by atoms with Gasteiger partial charge in [0.2, 0.25) is 5.91 Å². The lowest BCUT2D eigenvalue weighted by atomic mass is 9.91. The summed E-state index contributed by atoms with van der Waals surface area (Å²) < 4.78 is 7.50. The van der Waals surface area contributed by atoms with Crippen LogP contribution < -0.4 is 5.32 Å². The van der Waals surface area contributed by atoms with Crippen LogP contribution in [0, 0.1) is 5.92 Å². The van der Waals surface area contributed by atoms with Crippen LogP contribution in [-0.2, 0) is 16.6 Å². The molecule has 1 amide bonds. The number of ether oxygens (including phenoxy) is 1. The minimum absolute atomic E-state index is 0.00958. The number of aromatic nitrogens is 2. The third kappa shape index (κ3) is 2.96. The predicted octanol–water partition coefficient (Wildman–Crippen LogP) is 0.917. The van der Waals surface area contributed by atoms with Crippen molar-refractivity contribution in [3.8, 4) is 0 Å². The van der Waals surface area contributed by atoms with Gasteiger partial charge in [-0.15, -0.1) is 0 Å². The van der Waals surface area contributed by atoms with Crippen LogP contribution >= 0.6 is 0 Å². The van der Waals surface area contributed by atoms with Crippen LogP contribution in [0.3, 0.4) is 0 Å². The third-order valence-electron chi connectivity index (χ3n) is 4.64. The molecule has 1 saturated heterocycles. The van der Waals surface area contributed by atoms with Gasteiger partial charge in [0.25, 0.3) is 0 Å². The van der Waals surface area contributed by atoms with E-state index in [0.717, 1.165) is 31.4 Å². The molecule has 2 fully saturated rings. The molecule has 0 spiro atoms. The van der Waals surface area contributed by atoms with Crippen molar-refractivity contribution in [1.82, 2.24) is 15.1 Å². The summed E-state index contributed by atoms with van der Waals surface area (Å²) in [5, 5.41) is 17.2. The van der Waals surface area contributed by atoms with Crippen LogP contribution in [0.5, 0.6) is 0 Å². The monoisotopic (exact) mass is 293 g/mol. The highest BCUT2D eigenvalue weighted by Crippen LogP contribution is 2.34. The molecule has 0 bridgehead atoms. The van der Waals surface area contributed by atoms with E-state index < -0.39 is 6.10 Å². The Bertz CT molecular complexity index is 502. The summed E-state index contributed by atoms with van der Waals surface area (Å²) in [6.45, 7) is 0.584. The van der Waals surface area contributed by atoms with Crippen LogP contribution in [0.4, 0.5) is 0 Å². The largest absolute Gasteiger partial charge is 0.391 e. The molecule has 2 heterocycles. The van der Waals surface area contributed by atoms with Crippen molar-refractivity contribution in [3.63, 3.8) is 0 Å². The Balaban J connectivity index is 1.67. The van der Waals surface area contributed by atoms with Crippen molar-refractivity contribution < 1.29 is 14.6 Å². The van der Waals surface area contributed by atoms with Gasteiger partial charge in [-0.25, -0.2) is 0 Å². The molecule has 116 valence electrons. The zero-order chi connectivity index (χ0) is 14.8. The molecule has 2 N–H and O–H groups in total. The fourth-order valence-electron chi connectivity index (χ4n) is 3.38. The second-order valence-corrected chi connectivity index (χ2v) is 6.03. The van der Waals surface area contributed by atoms with Gasteiger partial charge in [0, 0.05) is 19.9 Å². The summed E-state index contributed by atoms with van der Waals surface area (Å²) >= 11 is 0. The normalized spacial score (nSPS) is 33.0. The summed E-state index contributed by atoms with van der Waals surface area (Å²) in [6.07, 6.45) is 5.51. The Morgan fingerprint density at radius 1 is 1.43 bits per heavy atom. The van der Waals surface area contributed by atoms with Gasteiger partial charge >= 0.3 is 0 Å². The van der Waals surface area contributed by atoms with Crippen LogP contribution in [0.1, 0.15) is 43.9 Å². The topological polar surface area (TPSA) is 76.4 Å². The van der Waals surface area contributed by atoms with Crippen molar-refractivity contribution in [2.75, 3.05) is 6.61 Å². The number of carbonyl (C=O) groups excluding carboxylic acids is 1. The second-order valence-electron chi connectivity index (χ2n) is 6.03. The Labute approximate surface area is 124 Å². The van der Waals surface area contributed by atoms with E-state index in [4.69, 9.17) is 4.74 Å². The average Bonchev–Trinajstić information content (AvgIpc) is 3.09. The highest BCUT2D eigenvalue weighted by molar-refractivity contribution is 5.80. The average molecular weight is 293 g/mol. The maximum absolute atomic E-state index is 12.5. The molecule has 0 radical (unpaired) electrons. The number of amides is 1. The third-order valence-corrected chi connectivity index (χ3v) is 4.64. The molecular weight excluding hydrogens is 270 g/mol. The zero-order valence-electron chi connectivity index (χ0n) is 12.4. The van der Waals surface area contributed by atoms with Crippen molar-refractivity contribution in [2.45, 2.75) is 50.4 Å². The Morgan fingerprint density at radius 2 is 2.24 bits per heavy atom. The van der Waals surface area contributed by atoms with Crippen LogP contribution in [-0.4, -0.2) is 39.5 Å². The summed E-state index contributed by atoms with van der Waals surface area (Å²) in [6, 6.07) is 1.78. The van der Waals surface area contributed by atoms with Gasteiger partial charge in [-0.2, -0.15) is 5.10 Å². The number of hydrogen-bond donors (Lipinski definition) is 2. The first kappa shape index (κ1) is 14.5. The summed E-state index contributed by atoms with van der Waals surface area (Å²) in [4.78, 5) is 12.5. The van der Waals surface area contributed by atoms with Crippen molar-refractivity contribution in [2.24, 2.45) is 13.0 Å². The highest BCUT2D eigenvalue weighted by Gasteiger charge is 2.38. The predicted molar refractivity (Wildman–Crippen MR) is 76.4 cm³/mol. The zero-order valence-corrected chi connectivity index (χ0v) is 12.4. The molecule has 1 aromatic rings. The standard InChI is InChI=1S/C15H23N3O3/c1-18-12(6-8-16-18)14-10(7-9-21-14)15(20)17-11-4-2-3-5-13(11)19/h6,8,10-11,13-14,19H,2-5,7,9H2,1H3,(H,17,20)/t10-,11-,13-,14-/m1/s1. The molecule has 6 heteroatoms. The maximum atomic E-state index is 12.5. The van der Waals surface area contributed by atoms with Crippen molar-refractivity contribution in [3.05, 3.63) is 18.0 Å². The summed E-state index contributed by atoms with van der Waals surface area (Å²) in [5.74, 6) is -0.209. The van der Waals surface area contributed by atoms with Gasteiger partial charge in [-0.1, -0.05) is 12.8 Å². The first-order chi connectivity index (χ1) is 10.2. The first-order valence-corrected chi connectivity index (χ1v) is 7.75. The van der Waals surface area contributed by atoms with E-state index in [9.17, 15) is 9.90 Å². The first-order valence-electron chi connectivity index (χ1n) is 7.75. The van der Waals surface area contributed by atoms with Gasteiger partial charge in [0.15, 0.2) is 0 Å². The summed E-state index contributed by atoms with van der Waals surface area (Å²) in [7, 11) is 1.86. The van der Waals surface area contributed by atoms with Gasteiger partial charge in [0.05, 0.1) is 23.8 Å². The van der Waals surface area contributed by atoms with E-state index in [1.165, 1.54) is 0 Å². The lowest BCUT2D eigenvalue weighted by molar-refractivity contribution is -0.128. The van der Waals surface area contributed by atoms with Gasteiger partial charge in [-0.3, -0.25) is 9.48 Å². The molecule has 21 heavy (non-hydrogen) atoms. The fourth-order valence-corrected chi connectivity index (χ4v) is 3.38. The molecule has 1 aliphatic carbocycles. The van der Waals surface area contributed by atoms with E-state index >= 15 is 0 Å². The molecule has 1 aromatic heterocycles. The number of aliphatic hydroxyl groups excluding tert-OH is 1. The smallest absolute Gasteiger partial charge is 0.226 e. The van der Waals surface area contributed by atoms with E-state index in [1.54, 1.807) is 10.9 Å². The van der Waals surface area contributed by atoms with Crippen molar-refractivity contribution >= 4 is 5.91 Å². The maximum Gasteiger partial charge on any atom is 0.226 e. The van der Waals surface area contributed by atoms with E-state index in [-0.39, 0.29) is 24.0 Å². The van der Waals surface area contributed by atoms with E-state index in [1.807, 2.05) is 13.1 Å². The molecule has 0 aromatic carbocycles. The number of nitrogens with one attached hydrogen (secondary N) is 1.